The van der Waals surface area contributed by atoms with Crippen LogP contribution in [0.15, 0.2) is 40.9 Å². The van der Waals surface area contributed by atoms with Crippen LogP contribution >= 0.6 is 0 Å². The van der Waals surface area contributed by atoms with Gasteiger partial charge in [-0.3, -0.25) is 4.79 Å². The highest BCUT2D eigenvalue weighted by Gasteiger charge is 2.30. The molecule has 1 aromatic carbocycles. The van der Waals surface area contributed by atoms with Crippen molar-refractivity contribution in [1.82, 2.24) is 15.0 Å². The summed E-state index contributed by atoms with van der Waals surface area (Å²) in [7, 11) is 0. The maximum absolute atomic E-state index is 13.6. The number of pyridine rings is 1. The molecule has 29 heavy (non-hydrogen) atoms. The largest absolute Gasteiger partial charge is 0.337 e. The van der Waals surface area contributed by atoms with Crippen LogP contribution in [0.2, 0.25) is 0 Å². The molecule has 0 saturated heterocycles. The van der Waals surface area contributed by atoms with Gasteiger partial charge in [0.05, 0.1) is 16.6 Å². The van der Waals surface area contributed by atoms with Crippen LogP contribution in [0.25, 0.3) is 11.1 Å². The summed E-state index contributed by atoms with van der Waals surface area (Å²) in [5.41, 5.74) is 9.94. The zero-order valence-electron chi connectivity index (χ0n) is 16.9. The smallest absolute Gasteiger partial charge is 0.259 e. The second-order valence-corrected chi connectivity index (χ2v) is 7.74. The van der Waals surface area contributed by atoms with Gasteiger partial charge in [0.25, 0.3) is 11.6 Å². The van der Waals surface area contributed by atoms with Crippen LogP contribution in [0.1, 0.15) is 59.4 Å². The molecular weight excluding hydrogens is 364 g/mol. The van der Waals surface area contributed by atoms with Gasteiger partial charge in [-0.05, 0) is 37.3 Å². The molecule has 1 fully saturated rings. The zero-order valence-corrected chi connectivity index (χ0v) is 16.9. The first-order chi connectivity index (χ1) is 14.2. The highest BCUT2D eigenvalue weighted by molar-refractivity contribution is 6.06. The summed E-state index contributed by atoms with van der Waals surface area (Å²) < 4.78 is 5.52. The van der Waals surface area contributed by atoms with Gasteiger partial charge in [0.15, 0.2) is 0 Å². The van der Waals surface area contributed by atoms with Gasteiger partial charge in [-0.1, -0.05) is 48.8 Å². The topological polar surface area (TPSA) is 85.2 Å². The Labute approximate surface area is 171 Å². The molecule has 1 saturated carbocycles. The SMILES string of the molecule is CCCc1noc2nc(C3CC3)cc(C(=O)N(CCN)CCc3ccccc3)c12. The molecule has 4 rings (SSSR count). The van der Waals surface area contributed by atoms with E-state index >= 15 is 0 Å². The molecule has 1 aliphatic rings. The molecule has 0 atom stereocenters. The fourth-order valence-electron chi connectivity index (χ4n) is 3.74. The Morgan fingerprint density at radius 2 is 2.00 bits per heavy atom. The van der Waals surface area contributed by atoms with E-state index in [-0.39, 0.29) is 5.91 Å². The second kappa shape index (κ2) is 8.74. The molecule has 0 radical (unpaired) electrons. The summed E-state index contributed by atoms with van der Waals surface area (Å²) in [5.74, 6) is 0.416. The standard InChI is InChI=1S/C23H28N4O2/c1-2-6-19-21-18(15-20(17-9-10-17)25-22(21)29-26-19)23(28)27(14-12-24)13-11-16-7-4-3-5-8-16/h3-5,7-8,15,17H,2,6,9-14,24H2,1H3. The highest BCUT2D eigenvalue weighted by atomic mass is 16.5. The van der Waals surface area contributed by atoms with Crippen molar-refractivity contribution in [3.8, 4) is 0 Å². The molecule has 152 valence electrons. The lowest BCUT2D eigenvalue weighted by molar-refractivity contribution is 0.0763. The van der Waals surface area contributed by atoms with Crippen molar-refractivity contribution in [2.75, 3.05) is 19.6 Å². The van der Waals surface area contributed by atoms with Gasteiger partial charge in [-0.2, -0.15) is 0 Å². The lowest BCUT2D eigenvalue weighted by atomic mass is 10.0. The van der Waals surface area contributed by atoms with Gasteiger partial charge in [-0.25, -0.2) is 4.98 Å². The first kappa shape index (κ1) is 19.6. The van der Waals surface area contributed by atoms with Crippen LogP contribution in [-0.4, -0.2) is 40.6 Å². The molecule has 0 bridgehead atoms. The lowest BCUT2D eigenvalue weighted by Gasteiger charge is -2.23. The minimum atomic E-state index is -0.0127. The molecule has 0 unspecified atom stereocenters. The van der Waals surface area contributed by atoms with E-state index in [1.165, 1.54) is 5.56 Å². The number of carbonyl (C=O) groups excluding carboxylic acids is 1. The number of hydrogen-bond donors (Lipinski definition) is 1. The quantitative estimate of drug-likeness (QED) is 0.600. The van der Waals surface area contributed by atoms with Crippen molar-refractivity contribution >= 4 is 17.0 Å². The van der Waals surface area contributed by atoms with Gasteiger partial charge in [0.1, 0.15) is 0 Å². The van der Waals surface area contributed by atoms with Crippen molar-refractivity contribution in [3.05, 3.63) is 58.9 Å². The van der Waals surface area contributed by atoms with Crippen LogP contribution in [0.5, 0.6) is 0 Å². The van der Waals surface area contributed by atoms with E-state index in [0.717, 1.165) is 48.9 Å². The number of benzene rings is 1. The molecule has 6 heteroatoms. The maximum atomic E-state index is 13.6. The van der Waals surface area contributed by atoms with E-state index in [4.69, 9.17) is 10.3 Å². The number of fused-ring (bicyclic) bond motifs is 1. The van der Waals surface area contributed by atoms with E-state index < -0.39 is 0 Å². The van der Waals surface area contributed by atoms with Crippen molar-refractivity contribution < 1.29 is 9.32 Å². The van der Waals surface area contributed by atoms with Crippen LogP contribution < -0.4 is 5.73 Å². The van der Waals surface area contributed by atoms with Crippen LogP contribution in [0.3, 0.4) is 0 Å². The molecule has 6 nitrogen and oxygen atoms in total. The molecule has 0 aliphatic heterocycles. The summed E-state index contributed by atoms with van der Waals surface area (Å²) >= 11 is 0. The first-order valence-corrected chi connectivity index (χ1v) is 10.5. The van der Waals surface area contributed by atoms with Gasteiger partial charge in [0.2, 0.25) is 0 Å². The first-order valence-electron chi connectivity index (χ1n) is 10.5. The Kier molecular flexibility index (Phi) is 5.90. The number of nitrogens with two attached hydrogens (primary N) is 1. The van der Waals surface area contributed by atoms with E-state index in [1.807, 2.05) is 29.2 Å². The molecule has 2 heterocycles. The third kappa shape index (κ3) is 4.32. The summed E-state index contributed by atoms with van der Waals surface area (Å²) in [6.07, 6.45) is 4.71. The number of amides is 1. The maximum Gasteiger partial charge on any atom is 0.259 e. The zero-order chi connectivity index (χ0) is 20.2. The number of aryl methyl sites for hydroxylation is 1. The fourth-order valence-corrected chi connectivity index (χ4v) is 3.74. The van der Waals surface area contributed by atoms with Crippen molar-refractivity contribution in [1.29, 1.82) is 0 Å². The van der Waals surface area contributed by atoms with E-state index in [2.05, 4.69) is 29.2 Å². The third-order valence-corrected chi connectivity index (χ3v) is 5.45. The van der Waals surface area contributed by atoms with Crippen molar-refractivity contribution in [2.45, 2.75) is 44.9 Å². The number of nitrogens with zero attached hydrogens (tertiary/aromatic N) is 3. The predicted octanol–water partition coefficient (Wildman–Crippen LogP) is 3.70. The molecule has 3 aromatic rings. The Morgan fingerprint density at radius 3 is 2.69 bits per heavy atom. The van der Waals surface area contributed by atoms with E-state index in [0.29, 0.717) is 36.8 Å². The minimum absolute atomic E-state index is 0.0127. The van der Waals surface area contributed by atoms with Gasteiger partial charge < -0.3 is 15.2 Å². The number of carbonyl (C=O) groups is 1. The van der Waals surface area contributed by atoms with Crippen molar-refractivity contribution in [2.24, 2.45) is 5.73 Å². The summed E-state index contributed by atoms with van der Waals surface area (Å²) in [5, 5.41) is 4.98. The summed E-state index contributed by atoms with van der Waals surface area (Å²) in [6, 6.07) is 12.2. The van der Waals surface area contributed by atoms with Gasteiger partial charge >= 0.3 is 0 Å². The molecule has 2 aromatic heterocycles. The summed E-state index contributed by atoms with van der Waals surface area (Å²) in [6.45, 7) is 3.66. The molecule has 1 aliphatic carbocycles. The Bertz CT molecular complexity index is 979. The minimum Gasteiger partial charge on any atom is -0.337 e. The monoisotopic (exact) mass is 392 g/mol. The fraction of sp³-hybridized carbons (Fsp3) is 0.435. The predicted molar refractivity (Wildman–Crippen MR) is 113 cm³/mol. The van der Waals surface area contributed by atoms with Crippen LogP contribution in [0.4, 0.5) is 0 Å². The molecule has 0 spiro atoms. The van der Waals surface area contributed by atoms with Gasteiger partial charge in [-0.15, -0.1) is 0 Å². The number of rotatable bonds is 9. The summed E-state index contributed by atoms with van der Waals surface area (Å²) in [4.78, 5) is 20.1. The third-order valence-electron chi connectivity index (χ3n) is 5.45. The average molecular weight is 393 g/mol. The lowest BCUT2D eigenvalue weighted by Crippen LogP contribution is -2.37. The van der Waals surface area contributed by atoms with Gasteiger partial charge in [0, 0.05) is 31.2 Å². The Balaban J connectivity index is 1.67. The highest BCUT2D eigenvalue weighted by Crippen LogP contribution is 2.40. The van der Waals surface area contributed by atoms with Crippen molar-refractivity contribution in [3.63, 3.8) is 0 Å². The molecule has 1 amide bonds. The number of hydrogen-bond acceptors (Lipinski definition) is 5. The van der Waals surface area contributed by atoms with E-state index in [9.17, 15) is 4.79 Å². The number of aromatic nitrogens is 2. The normalized spacial score (nSPS) is 13.7. The Morgan fingerprint density at radius 1 is 1.21 bits per heavy atom. The van der Waals surface area contributed by atoms with E-state index in [1.54, 1.807) is 0 Å². The van der Waals surface area contributed by atoms with Crippen LogP contribution in [0, 0.1) is 0 Å². The van der Waals surface area contributed by atoms with Crippen LogP contribution in [-0.2, 0) is 12.8 Å². The Hall–Kier alpha value is -2.73. The molecule has 2 N–H and O–H groups in total. The average Bonchev–Trinajstić information content (AvgIpc) is 3.53. The molecular formula is C23H28N4O2. The second-order valence-electron chi connectivity index (χ2n) is 7.74.